The smallest absolute Gasteiger partial charge is 0.175 e. The van der Waals surface area contributed by atoms with Crippen molar-refractivity contribution in [1.82, 2.24) is 9.55 Å². The number of quaternary nitrogens is 1. The van der Waals surface area contributed by atoms with Gasteiger partial charge in [0.1, 0.15) is 5.83 Å². The third-order valence-electron chi connectivity index (χ3n) is 5.12. The van der Waals surface area contributed by atoms with Gasteiger partial charge in [-0.05, 0) is 62.1 Å². The minimum absolute atomic E-state index is 0.172. The van der Waals surface area contributed by atoms with Gasteiger partial charge < -0.3 is 10.3 Å². The first-order chi connectivity index (χ1) is 13.7. The molecule has 2 aromatic heterocycles. The fourth-order valence-corrected chi connectivity index (χ4v) is 4.18. The summed E-state index contributed by atoms with van der Waals surface area (Å²) in [6.45, 7) is 4.53. The number of rotatable bonds is 7. The molecular weight excluding hydrogens is 389 g/mol. The molecule has 0 saturated carbocycles. The van der Waals surface area contributed by atoms with E-state index in [4.69, 9.17) is 4.98 Å². The van der Waals surface area contributed by atoms with Gasteiger partial charge in [0.2, 0.25) is 0 Å². The maximum absolute atomic E-state index is 14.2. The first-order valence-corrected chi connectivity index (χ1v) is 11.5. The van der Waals surface area contributed by atoms with Crippen molar-refractivity contribution in [3.8, 4) is 0 Å². The topological polar surface area (TPSA) is 79.6 Å². The van der Waals surface area contributed by atoms with E-state index in [0.29, 0.717) is 11.4 Å². The van der Waals surface area contributed by atoms with Gasteiger partial charge in [0.15, 0.2) is 9.84 Å². The number of halogens is 1. The molecule has 154 valence electrons. The van der Waals surface area contributed by atoms with Crippen LogP contribution in [0.2, 0.25) is 0 Å². The third-order valence-corrected chi connectivity index (χ3v) is 6.25. The van der Waals surface area contributed by atoms with Gasteiger partial charge in [0, 0.05) is 23.7 Å². The molecule has 0 amide bonds. The highest BCUT2D eigenvalue weighted by Crippen LogP contribution is 2.27. The summed E-state index contributed by atoms with van der Waals surface area (Å²) < 4.78 is 39.4. The van der Waals surface area contributed by atoms with Crippen LogP contribution in [0.4, 0.5) is 4.39 Å². The van der Waals surface area contributed by atoms with Crippen LogP contribution in [0.5, 0.6) is 0 Å². The predicted molar refractivity (Wildman–Crippen MR) is 113 cm³/mol. The molecule has 0 unspecified atom stereocenters. The molecule has 3 aromatic rings. The van der Waals surface area contributed by atoms with Crippen molar-refractivity contribution in [2.24, 2.45) is 0 Å². The molecule has 2 heterocycles. The van der Waals surface area contributed by atoms with E-state index in [2.05, 4.69) is 5.73 Å². The Kier molecular flexibility index (Phi) is 6.19. The van der Waals surface area contributed by atoms with Gasteiger partial charge in [-0.1, -0.05) is 12.1 Å². The number of aromatic nitrogens is 2. The van der Waals surface area contributed by atoms with Gasteiger partial charge in [-0.3, -0.25) is 4.98 Å². The van der Waals surface area contributed by atoms with Crippen molar-refractivity contribution < 1.29 is 18.5 Å². The lowest BCUT2D eigenvalue weighted by atomic mass is 10.0. The Hall–Kier alpha value is -2.51. The minimum atomic E-state index is -3.20. The van der Waals surface area contributed by atoms with Gasteiger partial charge in [-0.15, -0.1) is 0 Å². The SMILES string of the molecule is Cc1ccc2c(n1)c(CCc1ccc(S(C)(=O)=O)cc1)c(C)n2C/C(F)=C/C[NH3+]. The monoisotopic (exact) mass is 416 g/mol. The average Bonchev–Trinajstić information content (AvgIpc) is 2.90. The molecule has 7 heteroatoms. The zero-order valence-electron chi connectivity index (χ0n) is 17.1. The van der Waals surface area contributed by atoms with Crippen LogP contribution >= 0.6 is 0 Å². The van der Waals surface area contributed by atoms with Crippen molar-refractivity contribution in [2.75, 3.05) is 12.8 Å². The molecule has 0 atom stereocenters. The fourth-order valence-electron chi connectivity index (χ4n) is 3.55. The minimum Gasteiger partial charge on any atom is -0.354 e. The fraction of sp³-hybridized carbons (Fsp3) is 0.318. The van der Waals surface area contributed by atoms with E-state index >= 15 is 0 Å². The Morgan fingerprint density at radius 3 is 2.45 bits per heavy atom. The second-order valence-electron chi connectivity index (χ2n) is 7.33. The number of benzene rings is 1. The van der Waals surface area contributed by atoms with E-state index in [0.717, 1.165) is 46.4 Å². The highest BCUT2D eigenvalue weighted by Gasteiger charge is 2.17. The lowest BCUT2D eigenvalue weighted by Crippen LogP contribution is -2.49. The van der Waals surface area contributed by atoms with Crippen molar-refractivity contribution in [2.45, 2.75) is 38.1 Å². The third kappa shape index (κ3) is 4.74. The van der Waals surface area contributed by atoms with Crippen molar-refractivity contribution >= 4 is 20.9 Å². The molecule has 0 spiro atoms. The zero-order valence-corrected chi connectivity index (χ0v) is 17.9. The maximum Gasteiger partial charge on any atom is 0.175 e. The van der Waals surface area contributed by atoms with Crippen LogP contribution < -0.4 is 5.73 Å². The molecule has 0 aliphatic rings. The van der Waals surface area contributed by atoms with Crippen molar-refractivity contribution in [3.05, 3.63) is 70.8 Å². The molecule has 0 aliphatic heterocycles. The molecular formula is C22H27FN3O2S+. The second-order valence-corrected chi connectivity index (χ2v) is 9.34. The lowest BCUT2D eigenvalue weighted by molar-refractivity contribution is -0.353. The van der Waals surface area contributed by atoms with Crippen molar-refractivity contribution in [1.29, 1.82) is 0 Å². The molecule has 5 nitrogen and oxygen atoms in total. The first kappa shape index (κ1) is 21.2. The number of nitrogens with zero attached hydrogens (tertiary/aromatic N) is 2. The Bertz CT molecular complexity index is 1160. The number of fused-ring (bicyclic) bond motifs is 1. The Labute approximate surface area is 171 Å². The van der Waals surface area contributed by atoms with E-state index in [1.165, 1.54) is 12.3 Å². The molecule has 0 bridgehead atoms. The Balaban J connectivity index is 1.93. The van der Waals surface area contributed by atoms with Gasteiger partial charge in [0.25, 0.3) is 0 Å². The number of allylic oxidation sites excluding steroid dienone is 1. The predicted octanol–water partition coefficient (Wildman–Crippen LogP) is 2.94. The maximum atomic E-state index is 14.2. The van der Waals surface area contributed by atoms with Gasteiger partial charge in [-0.25, -0.2) is 12.8 Å². The van der Waals surface area contributed by atoms with Crippen LogP contribution in [0, 0.1) is 13.8 Å². The molecule has 1 aromatic carbocycles. The molecule has 0 saturated heterocycles. The summed E-state index contributed by atoms with van der Waals surface area (Å²) in [5.74, 6) is -0.205. The Morgan fingerprint density at radius 1 is 1.14 bits per heavy atom. The van der Waals surface area contributed by atoms with Crippen LogP contribution in [-0.2, 0) is 29.2 Å². The number of hydrogen-bond donors (Lipinski definition) is 1. The number of hydrogen-bond acceptors (Lipinski definition) is 3. The van der Waals surface area contributed by atoms with Crippen LogP contribution in [0.1, 0.15) is 22.5 Å². The van der Waals surface area contributed by atoms with E-state index in [9.17, 15) is 12.8 Å². The van der Waals surface area contributed by atoms with E-state index < -0.39 is 9.84 Å². The molecule has 29 heavy (non-hydrogen) atoms. The highest BCUT2D eigenvalue weighted by atomic mass is 32.2. The van der Waals surface area contributed by atoms with Gasteiger partial charge >= 0.3 is 0 Å². The average molecular weight is 417 g/mol. The van der Waals surface area contributed by atoms with Crippen LogP contribution in [0.3, 0.4) is 0 Å². The molecule has 0 aliphatic carbocycles. The van der Waals surface area contributed by atoms with Crippen LogP contribution in [-0.4, -0.2) is 30.8 Å². The Morgan fingerprint density at radius 2 is 1.83 bits per heavy atom. The zero-order chi connectivity index (χ0) is 21.2. The molecule has 3 rings (SSSR count). The summed E-state index contributed by atoms with van der Waals surface area (Å²) in [6, 6.07) is 10.9. The van der Waals surface area contributed by atoms with E-state index in [-0.39, 0.29) is 12.4 Å². The summed E-state index contributed by atoms with van der Waals surface area (Å²) >= 11 is 0. The summed E-state index contributed by atoms with van der Waals surface area (Å²) in [5.41, 5.74) is 9.56. The highest BCUT2D eigenvalue weighted by molar-refractivity contribution is 7.90. The normalized spacial score (nSPS) is 12.7. The molecule has 0 radical (unpaired) electrons. The summed E-state index contributed by atoms with van der Waals surface area (Å²) in [5, 5.41) is 0. The van der Waals surface area contributed by atoms with Crippen molar-refractivity contribution in [3.63, 3.8) is 0 Å². The quantitative estimate of drug-likeness (QED) is 0.643. The summed E-state index contributed by atoms with van der Waals surface area (Å²) in [7, 11) is -3.20. The first-order valence-electron chi connectivity index (χ1n) is 9.58. The number of pyridine rings is 1. The van der Waals surface area contributed by atoms with Gasteiger partial charge in [0.05, 0.1) is 29.0 Å². The van der Waals surface area contributed by atoms with Crippen LogP contribution in [0.15, 0.2) is 53.2 Å². The second kappa shape index (κ2) is 8.47. The van der Waals surface area contributed by atoms with Gasteiger partial charge in [-0.2, -0.15) is 0 Å². The molecule has 0 fully saturated rings. The molecule has 3 N–H and O–H groups in total. The summed E-state index contributed by atoms with van der Waals surface area (Å²) in [6.07, 6.45) is 4.19. The van der Waals surface area contributed by atoms with Crippen LogP contribution in [0.25, 0.3) is 11.0 Å². The number of aryl methyl sites for hydroxylation is 3. The summed E-state index contributed by atoms with van der Waals surface area (Å²) in [4.78, 5) is 5.03. The van der Waals surface area contributed by atoms with E-state index in [1.807, 2.05) is 42.7 Å². The largest absolute Gasteiger partial charge is 0.354 e. The number of sulfone groups is 1. The lowest BCUT2D eigenvalue weighted by Gasteiger charge is -2.07. The standard InChI is InChI=1S/C22H26FN3O2S/c1-15-4-11-21-22(25-15)20(16(2)26(21)14-18(23)12-13-24)10-7-17-5-8-19(9-6-17)29(3,27)28/h4-6,8-9,11-12H,7,10,13-14,24H2,1-3H3/p+1/b18-12-. The van der Waals surface area contributed by atoms with E-state index in [1.54, 1.807) is 12.1 Å².